The van der Waals surface area contributed by atoms with E-state index in [0.717, 1.165) is 34.0 Å². The van der Waals surface area contributed by atoms with Crippen LogP contribution in [0, 0.1) is 23.7 Å². The van der Waals surface area contributed by atoms with Gasteiger partial charge in [-0.3, -0.25) is 9.78 Å². The van der Waals surface area contributed by atoms with Crippen molar-refractivity contribution >= 4 is 35.3 Å². The van der Waals surface area contributed by atoms with Crippen LogP contribution in [0.15, 0.2) is 54.9 Å². The molecule has 2 heterocycles. The number of hydrogen-bond acceptors (Lipinski definition) is 4. The fourth-order valence-electron chi connectivity index (χ4n) is 7.33. The van der Waals surface area contributed by atoms with Crippen LogP contribution < -0.4 is 10.6 Å². The normalized spacial score (nSPS) is 26.8. The molecule has 4 saturated carbocycles. The van der Waals surface area contributed by atoms with Crippen molar-refractivity contribution in [2.75, 3.05) is 6.54 Å². The SMILES string of the molecule is CC(Cc1c[nH]c2ccccc12)(NC(=O)OC1C2CC3CC(C2)CC1C3)C(=O)NCCc1ccccn1.Cl. The maximum atomic E-state index is 13.6. The van der Waals surface area contributed by atoms with Crippen LogP contribution in [0.5, 0.6) is 0 Å². The number of para-hydroxylation sites is 1. The maximum absolute atomic E-state index is 13.6. The van der Waals surface area contributed by atoms with Crippen LogP contribution >= 0.6 is 12.4 Å². The number of H-pyrrole nitrogens is 1. The Hall–Kier alpha value is -3.06. The molecule has 8 heteroatoms. The summed E-state index contributed by atoms with van der Waals surface area (Å²) in [4.78, 5) is 34.5. The summed E-state index contributed by atoms with van der Waals surface area (Å²) in [5.41, 5.74) is 1.73. The number of amides is 2. The molecule has 0 aliphatic heterocycles. The van der Waals surface area contributed by atoms with Gasteiger partial charge in [0, 0.05) is 48.4 Å². The van der Waals surface area contributed by atoms with Gasteiger partial charge in [0.15, 0.2) is 0 Å². The van der Waals surface area contributed by atoms with Gasteiger partial charge in [-0.1, -0.05) is 24.3 Å². The number of carbonyl (C=O) groups is 2. The van der Waals surface area contributed by atoms with Crippen molar-refractivity contribution in [3.05, 3.63) is 66.1 Å². The van der Waals surface area contributed by atoms with E-state index in [-0.39, 0.29) is 24.4 Å². The monoisotopic (exact) mass is 536 g/mol. The van der Waals surface area contributed by atoms with Gasteiger partial charge in [0.1, 0.15) is 11.6 Å². The number of aromatic nitrogens is 2. The zero-order valence-corrected chi connectivity index (χ0v) is 22.6. The number of fused-ring (bicyclic) bond motifs is 1. The number of pyridine rings is 1. The Labute approximate surface area is 229 Å². The summed E-state index contributed by atoms with van der Waals surface area (Å²) in [6.07, 6.45) is 10.2. The Morgan fingerprint density at radius 1 is 1.03 bits per heavy atom. The second kappa shape index (κ2) is 11.0. The van der Waals surface area contributed by atoms with E-state index in [4.69, 9.17) is 4.74 Å². The summed E-state index contributed by atoms with van der Waals surface area (Å²) < 4.78 is 6.11. The molecule has 3 N–H and O–H groups in total. The lowest BCUT2D eigenvalue weighted by atomic mass is 9.55. The topological polar surface area (TPSA) is 96.1 Å². The second-order valence-electron chi connectivity index (χ2n) is 11.6. The Bertz CT molecular complexity index is 1250. The molecule has 4 bridgehead atoms. The number of nitrogens with one attached hydrogen (secondary N) is 3. The zero-order valence-electron chi connectivity index (χ0n) is 21.8. The van der Waals surface area contributed by atoms with Crippen LogP contribution in [-0.2, 0) is 22.4 Å². The van der Waals surface area contributed by atoms with Crippen LogP contribution in [0.2, 0.25) is 0 Å². The minimum Gasteiger partial charge on any atom is -0.446 e. The third kappa shape index (κ3) is 5.39. The van der Waals surface area contributed by atoms with Gasteiger partial charge in [0.2, 0.25) is 5.91 Å². The highest BCUT2D eigenvalue weighted by atomic mass is 35.5. The molecular formula is C30H37ClN4O3. The van der Waals surface area contributed by atoms with E-state index in [1.165, 1.54) is 32.1 Å². The first kappa shape index (κ1) is 26.5. The van der Waals surface area contributed by atoms with E-state index in [2.05, 4.69) is 20.6 Å². The molecule has 2 aromatic heterocycles. The molecule has 0 radical (unpaired) electrons. The number of ether oxygens (including phenoxy) is 1. The van der Waals surface area contributed by atoms with Crippen molar-refractivity contribution in [2.24, 2.45) is 23.7 Å². The van der Waals surface area contributed by atoms with Gasteiger partial charge in [-0.2, -0.15) is 0 Å². The average molecular weight is 537 g/mol. The molecule has 2 amide bonds. The lowest BCUT2D eigenvalue weighted by Gasteiger charge is -2.53. The molecular weight excluding hydrogens is 500 g/mol. The lowest BCUT2D eigenvalue weighted by molar-refractivity contribution is -0.127. The Kier molecular flexibility index (Phi) is 7.66. The number of rotatable bonds is 8. The summed E-state index contributed by atoms with van der Waals surface area (Å²) in [7, 11) is 0. The van der Waals surface area contributed by atoms with Gasteiger partial charge in [-0.05, 0) is 86.5 Å². The number of halogens is 1. The molecule has 7 rings (SSSR count). The Balaban J connectivity index is 0.00000294. The van der Waals surface area contributed by atoms with Crippen LogP contribution in [0.1, 0.15) is 50.3 Å². The highest BCUT2D eigenvalue weighted by molar-refractivity contribution is 5.91. The van der Waals surface area contributed by atoms with Crippen molar-refractivity contribution in [3.8, 4) is 0 Å². The third-order valence-electron chi connectivity index (χ3n) is 8.87. The summed E-state index contributed by atoms with van der Waals surface area (Å²) in [5, 5.41) is 7.08. The van der Waals surface area contributed by atoms with Gasteiger partial charge in [-0.15, -0.1) is 12.4 Å². The van der Waals surface area contributed by atoms with Gasteiger partial charge in [0.05, 0.1) is 0 Å². The maximum Gasteiger partial charge on any atom is 0.408 e. The fraction of sp³-hybridized carbons (Fsp3) is 0.500. The number of hydrogen-bond donors (Lipinski definition) is 3. The van der Waals surface area contributed by atoms with Crippen molar-refractivity contribution in [3.63, 3.8) is 0 Å². The predicted molar refractivity (Wildman–Crippen MR) is 149 cm³/mol. The minimum atomic E-state index is -1.17. The first-order valence-corrected chi connectivity index (χ1v) is 13.7. The average Bonchev–Trinajstić information content (AvgIpc) is 3.29. The number of alkyl carbamates (subject to hydrolysis) is 1. The van der Waals surface area contributed by atoms with Crippen LogP contribution in [0.3, 0.4) is 0 Å². The first-order chi connectivity index (χ1) is 18.0. The van der Waals surface area contributed by atoms with E-state index >= 15 is 0 Å². The summed E-state index contributed by atoms with van der Waals surface area (Å²) in [5.74, 6) is 2.32. The zero-order chi connectivity index (χ0) is 25.4. The van der Waals surface area contributed by atoms with Gasteiger partial charge >= 0.3 is 6.09 Å². The largest absolute Gasteiger partial charge is 0.446 e. The van der Waals surface area contributed by atoms with Crippen molar-refractivity contribution in [2.45, 2.75) is 63.5 Å². The highest BCUT2D eigenvalue weighted by Gasteiger charge is 2.50. The molecule has 1 aromatic carbocycles. The predicted octanol–water partition coefficient (Wildman–Crippen LogP) is 5.20. The van der Waals surface area contributed by atoms with Gasteiger partial charge in [0.25, 0.3) is 0 Å². The van der Waals surface area contributed by atoms with Crippen LogP contribution in [0.25, 0.3) is 10.9 Å². The Morgan fingerprint density at radius 3 is 2.45 bits per heavy atom. The first-order valence-electron chi connectivity index (χ1n) is 13.7. The second-order valence-corrected chi connectivity index (χ2v) is 11.6. The molecule has 3 aromatic rings. The molecule has 4 aliphatic carbocycles. The standard InChI is InChI=1S/C30H36N4O3.ClH/c1-30(17-23-18-33-26-8-3-2-7-25(23)26,28(35)32-11-9-24-6-4-5-10-31-24)34-29(36)37-27-21-13-19-12-20(15-21)16-22(27)14-19;/h2-8,10,18-22,27,33H,9,11-17H2,1H3,(H,32,35)(H,34,36);1H. The van der Waals surface area contributed by atoms with Gasteiger partial charge < -0.3 is 20.4 Å². The third-order valence-corrected chi connectivity index (χ3v) is 8.87. The lowest BCUT2D eigenvalue weighted by Crippen LogP contribution is -2.60. The van der Waals surface area contributed by atoms with Crippen molar-refractivity contribution < 1.29 is 14.3 Å². The van der Waals surface area contributed by atoms with E-state index in [1.54, 1.807) is 13.1 Å². The fourth-order valence-corrected chi connectivity index (χ4v) is 7.33. The molecule has 4 fully saturated rings. The molecule has 38 heavy (non-hydrogen) atoms. The van der Waals surface area contributed by atoms with Crippen LogP contribution in [0.4, 0.5) is 4.79 Å². The molecule has 1 atom stereocenters. The summed E-state index contributed by atoms with van der Waals surface area (Å²) >= 11 is 0. The number of carbonyl (C=O) groups excluding carboxylic acids is 2. The highest BCUT2D eigenvalue weighted by Crippen LogP contribution is 2.54. The van der Waals surface area contributed by atoms with Crippen molar-refractivity contribution in [1.29, 1.82) is 0 Å². The molecule has 4 aliphatic rings. The molecule has 0 spiro atoms. The number of aromatic amines is 1. The van der Waals surface area contributed by atoms with Crippen molar-refractivity contribution in [1.82, 2.24) is 20.6 Å². The quantitative estimate of drug-likeness (QED) is 0.369. The smallest absolute Gasteiger partial charge is 0.408 e. The molecule has 1 unspecified atom stereocenters. The van der Waals surface area contributed by atoms with E-state index in [1.807, 2.05) is 48.7 Å². The molecule has 0 saturated heterocycles. The van der Waals surface area contributed by atoms with E-state index < -0.39 is 11.6 Å². The Morgan fingerprint density at radius 2 is 1.74 bits per heavy atom. The van der Waals surface area contributed by atoms with Gasteiger partial charge in [-0.25, -0.2) is 4.79 Å². The number of nitrogens with zero attached hydrogens (tertiary/aromatic N) is 1. The van der Waals surface area contributed by atoms with Crippen LogP contribution in [-0.4, -0.2) is 40.2 Å². The van der Waals surface area contributed by atoms with E-state index in [0.29, 0.717) is 31.2 Å². The minimum absolute atomic E-state index is 0. The number of benzene rings is 1. The summed E-state index contributed by atoms with van der Waals surface area (Å²) in [6, 6.07) is 13.8. The molecule has 7 nitrogen and oxygen atoms in total. The van der Waals surface area contributed by atoms with E-state index in [9.17, 15) is 9.59 Å². The summed E-state index contributed by atoms with van der Waals surface area (Å²) in [6.45, 7) is 2.23. The molecule has 202 valence electrons.